The summed E-state index contributed by atoms with van der Waals surface area (Å²) in [5.41, 5.74) is 0. The fourth-order valence-corrected chi connectivity index (χ4v) is 2.49. The van der Waals surface area contributed by atoms with Crippen molar-refractivity contribution in [3.8, 4) is 0 Å². The highest BCUT2D eigenvalue weighted by Gasteiger charge is 2.24. The molecule has 0 aromatic rings. The number of hydrogen-bond acceptors (Lipinski definition) is 4. The van der Waals surface area contributed by atoms with Gasteiger partial charge in [-0.3, -0.25) is 4.79 Å². The molecule has 1 unspecified atom stereocenters. The smallest absolute Gasteiger partial charge is 0.309 e. The van der Waals surface area contributed by atoms with Gasteiger partial charge in [0.1, 0.15) is 0 Å². The van der Waals surface area contributed by atoms with E-state index in [1.807, 2.05) is 18.7 Å². The highest BCUT2D eigenvalue weighted by Crippen LogP contribution is 2.29. The van der Waals surface area contributed by atoms with Crippen molar-refractivity contribution < 1.29 is 9.53 Å². The van der Waals surface area contributed by atoms with E-state index in [2.05, 4.69) is 30.2 Å². The molecule has 0 bridgehead atoms. The average molecular weight is 247 g/mol. The van der Waals surface area contributed by atoms with E-state index in [-0.39, 0.29) is 11.9 Å². The summed E-state index contributed by atoms with van der Waals surface area (Å²) in [5.74, 6) is -0.214. The lowest BCUT2D eigenvalue weighted by Crippen LogP contribution is -2.39. The molecule has 0 amide bonds. The summed E-state index contributed by atoms with van der Waals surface area (Å²) in [6.45, 7) is 7.95. The molecule has 3 nitrogen and oxygen atoms in total. The summed E-state index contributed by atoms with van der Waals surface area (Å²) in [6.07, 6.45) is 4.44. The molecule has 0 fully saturated rings. The van der Waals surface area contributed by atoms with Crippen LogP contribution in [-0.4, -0.2) is 37.2 Å². The fraction of sp³-hybridized carbons (Fsp3) is 0.917. The minimum absolute atomic E-state index is 0.0710. The van der Waals surface area contributed by atoms with Crippen molar-refractivity contribution in [2.45, 2.75) is 38.4 Å². The normalized spacial score (nSPS) is 13.6. The van der Waals surface area contributed by atoms with Crippen molar-refractivity contribution in [3.63, 3.8) is 0 Å². The maximum Gasteiger partial charge on any atom is 0.309 e. The van der Waals surface area contributed by atoms with E-state index in [0.29, 0.717) is 11.3 Å². The minimum atomic E-state index is -0.143. The highest BCUT2D eigenvalue weighted by atomic mass is 32.2. The van der Waals surface area contributed by atoms with Gasteiger partial charge in [0, 0.05) is 17.8 Å². The molecule has 16 heavy (non-hydrogen) atoms. The maximum absolute atomic E-state index is 11.2. The zero-order valence-corrected chi connectivity index (χ0v) is 11.9. The van der Waals surface area contributed by atoms with E-state index >= 15 is 0 Å². The van der Waals surface area contributed by atoms with Gasteiger partial charge in [0.05, 0.1) is 13.0 Å². The molecule has 0 aliphatic heterocycles. The van der Waals surface area contributed by atoms with Gasteiger partial charge in [-0.1, -0.05) is 20.8 Å². The monoisotopic (exact) mass is 247 g/mol. The molecule has 0 rings (SSSR count). The van der Waals surface area contributed by atoms with Gasteiger partial charge in [-0.05, 0) is 19.1 Å². The second kappa shape index (κ2) is 7.96. The number of ether oxygens (including phenoxy) is 1. The Morgan fingerprint density at radius 2 is 2.00 bits per heavy atom. The van der Waals surface area contributed by atoms with Crippen LogP contribution in [0.2, 0.25) is 0 Å². The molecular formula is C12H25NO2S. The van der Waals surface area contributed by atoms with E-state index in [1.165, 1.54) is 7.11 Å². The van der Waals surface area contributed by atoms with Gasteiger partial charge in [0.25, 0.3) is 0 Å². The standard InChI is InChI=1S/C12H25NO2S/c1-6-12(7-2,16-5)9-13-8-10(3)11(14)15-4/h10,13H,6-9H2,1-5H3. The molecule has 0 radical (unpaired) electrons. The fourth-order valence-electron chi connectivity index (χ4n) is 1.66. The van der Waals surface area contributed by atoms with Crippen molar-refractivity contribution in [3.05, 3.63) is 0 Å². The Balaban J connectivity index is 3.99. The molecule has 0 aliphatic rings. The Morgan fingerprint density at radius 3 is 2.38 bits per heavy atom. The van der Waals surface area contributed by atoms with Crippen molar-refractivity contribution in [2.75, 3.05) is 26.5 Å². The zero-order valence-electron chi connectivity index (χ0n) is 11.1. The molecule has 0 aromatic heterocycles. The Morgan fingerprint density at radius 1 is 1.44 bits per heavy atom. The number of carbonyl (C=O) groups excluding carboxylic acids is 1. The van der Waals surface area contributed by atoms with Crippen molar-refractivity contribution in [1.82, 2.24) is 5.32 Å². The first-order chi connectivity index (χ1) is 7.55. The second-order valence-electron chi connectivity index (χ2n) is 4.15. The zero-order chi connectivity index (χ0) is 12.6. The van der Waals surface area contributed by atoms with Crippen LogP contribution in [0, 0.1) is 5.92 Å². The number of carbonyl (C=O) groups is 1. The summed E-state index contributed by atoms with van der Waals surface area (Å²) in [4.78, 5) is 11.2. The van der Waals surface area contributed by atoms with Crippen LogP contribution < -0.4 is 5.32 Å². The van der Waals surface area contributed by atoms with Gasteiger partial charge in [0.2, 0.25) is 0 Å². The molecule has 0 aliphatic carbocycles. The number of hydrogen-bond donors (Lipinski definition) is 1. The van der Waals surface area contributed by atoms with Crippen LogP contribution in [-0.2, 0) is 9.53 Å². The Kier molecular flexibility index (Phi) is 7.85. The van der Waals surface area contributed by atoms with Crippen molar-refractivity contribution in [1.29, 1.82) is 0 Å². The molecule has 0 aromatic carbocycles. The van der Waals surface area contributed by atoms with Crippen LogP contribution >= 0.6 is 11.8 Å². The molecule has 0 spiro atoms. The van der Waals surface area contributed by atoms with E-state index in [4.69, 9.17) is 0 Å². The third kappa shape index (κ3) is 4.74. The predicted octanol–water partition coefficient (Wildman–Crippen LogP) is 2.31. The molecule has 0 saturated carbocycles. The van der Waals surface area contributed by atoms with E-state index in [9.17, 15) is 4.79 Å². The van der Waals surface area contributed by atoms with Gasteiger partial charge >= 0.3 is 5.97 Å². The van der Waals surface area contributed by atoms with E-state index in [1.54, 1.807) is 0 Å². The van der Waals surface area contributed by atoms with Gasteiger partial charge in [-0.25, -0.2) is 0 Å². The minimum Gasteiger partial charge on any atom is -0.469 e. The highest BCUT2D eigenvalue weighted by molar-refractivity contribution is 8.00. The molecular weight excluding hydrogens is 222 g/mol. The van der Waals surface area contributed by atoms with Crippen LogP contribution in [0.15, 0.2) is 0 Å². The van der Waals surface area contributed by atoms with Gasteiger partial charge in [-0.2, -0.15) is 11.8 Å². The summed E-state index contributed by atoms with van der Waals surface area (Å²) in [5, 5.41) is 3.37. The molecule has 96 valence electrons. The number of nitrogens with one attached hydrogen (secondary N) is 1. The number of rotatable bonds is 8. The third-order valence-corrected chi connectivity index (χ3v) is 4.81. The average Bonchev–Trinajstić information content (AvgIpc) is 2.34. The molecule has 0 saturated heterocycles. The molecule has 1 atom stereocenters. The van der Waals surface area contributed by atoms with Crippen molar-refractivity contribution >= 4 is 17.7 Å². The van der Waals surface area contributed by atoms with Crippen LogP contribution in [0.4, 0.5) is 0 Å². The summed E-state index contributed by atoms with van der Waals surface area (Å²) < 4.78 is 4.99. The maximum atomic E-state index is 11.2. The molecule has 1 N–H and O–H groups in total. The number of methoxy groups -OCH3 is 1. The summed E-state index contributed by atoms with van der Waals surface area (Å²) >= 11 is 1.90. The molecule has 0 heterocycles. The first-order valence-electron chi connectivity index (χ1n) is 5.89. The summed E-state index contributed by atoms with van der Waals surface area (Å²) in [6, 6.07) is 0. The third-order valence-electron chi connectivity index (χ3n) is 3.22. The van der Waals surface area contributed by atoms with Crippen LogP contribution in [0.5, 0.6) is 0 Å². The van der Waals surface area contributed by atoms with Gasteiger partial charge < -0.3 is 10.1 Å². The largest absolute Gasteiger partial charge is 0.469 e. The Labute approximate surface area is 104 Å². The van der Waals surface area contributed by atoms with Gasteiger partial charge in [0.15, 0.2) is 0 Å². The van der Waals surface area contributed by atoms with Crippen LogP contribution in [0.1, 0.15) is 33.6 Å². The van der Waals surface area contributed by atoms with Gasteiger partial charge in [-0.15, -0.1) is 0 Å². The van der Waals surface area contributed by atoms with Crippen LogP contribution in [0.25, 0.3) is 0 Å². The van der Waals surface area contributed by atoms with E-state index in [0.717, 1.165) is 19.4 Å². The SMILES string of the molecule is CCC(CC)(CNCC(C)C(=O)OC)SC. The quantitative estimate of drug-likeness (QED) is 0.668. The second-order valence-corrected chi connectivity index (χ2v) is 5.42. The Hall–Kier alpha value is -0.220. The lowest BCUT2D eigenvalue weighted by molar-refractivity contribution is -0.144. The van der Waals surface area contributed by atoms with Crippen LogP contribution in [0.3, 0.4) is 0 Å². The number of esters is 1. The Bertz CT molecular complexity index is 197. The topological polar surface area (TPSA) is 38.3 Å². The first-order valence-corrected chi connectivity index (χ1v) is 7.11. The first kappa shape index (κ1) is 15.8. The van der Waals surface area contributed by atoms with Crippen molar-refractivity contribution in [2.24, 2.45) is 5.92 Å². The molecule has 4 heteroatoms. The lowest BCUT2D eigenvalue weighted by Gasteiger charge is -2.30. The lowest BCUT2D eigenvalue weighted by atomic mass is 10.0. The van der Waals surface area contributed by atoms with E-state index < -0.39 is 0 Å². The summed E-state index contributed by atoms with van der Waals surface area (Å²) in [7, 11) is 1.43. The number of thioether (sulfide) groups is 1. The predicted molar refractivity (Wildman–Crippen MR) is 70.9 cm³/mol.